The smallest absolute Gasteiger partial charge is 0.0605 e. The molecule has 0 N–H and O–H groups in total. The maximum absolute atomic E-state index is 5.41. The van der Waals surface area contributed by atoms with Crippen LogP contribution in [0.4, 0.5) is 5.69 Å². The van der Waals surface area contributed by atoms with Gasteiger partial charge in [-0.25, -0.2) is 0 Å². The molecule has 0 amide bonds. The summed E-state index contributed by atoms with van der Waals surface area (Å²) in [7, 11) is 1.82. The molecule has 0 spiro atoms. The molecular formula is C14H20BrNO. The summed E-state index contributed by atoms with van der Waals surface area (Å²) in [6, 6.07) is 6.73. The molecule has 0 aromatic heterocycles. The molecule has 1 heterocycles. The molecule has 1 aliphatic heterocycles. The van der Waals surface area contributed by atoms with E-state index >= 15 is 0 Å². The Balaban J connectivity index is 2.08. The van der Waals surface area contributed by atoms with Gasteiger partial charge in [-0.15, -0.1) is 0 Å². The Morgan fingerprint density at radius 3 is 2.59 bits per heavy atom. The number of benzene rings is 1. The van der Waals surface area contributed by atoms with E-state index in [1.807, 2.05) is 7.11 Å². The van der Waals surface area contributed by atoms with Gasteiger partial charge in [0.15, 0.2) is 0 Å². The lowest BCUT2D eigenvalue weighted by Crippen LogP contribution is -2.36. The molecule has 1 aliphatic rings. The fourth-order valence-electron chi connectivity index (χ4n) is 2.49. The van der Waals surface area contributed by atoms with Crippen LogP contribution in [0.5, 0.6) is 0 Å². The molecule has 17 heavy (non-hydrogen) atoms. The minimum absolute atomic E-state index is 0.452. The standard InChI is InChI=1S/C14H20BrNO/c1-11-9-12(10-15)3-4-14(11)16-7-5-13(17-2)6-8-16/h3-4,9,13H,5-8,10H2,1-2H3. The predicted molar refractivity (Wildman–Crippen MR) is 76.1 cm³/mol. The number of anilines is 1. The molecule has 0 bridgehead atoms. The Hall–Kier alpha value is -0.540. The van der Waals surface area contributed by atoms with Crippen LogP contribution in [0.2, 0.25) is 0 Å². The van der Waals surface area contributed by atoms with Gasteiger partial charge in [-0.3, -0.25) is 0 Å². The van der Waals surface area contributed by atoms with Crippen LogP contribution in [0, 0.1) is 6.92 Å². The van der Waals surface area contributed by atoms with E-state index in [1.54, 1.807) is 0 Å². The first-order chi connectivity index (χ1) is 8.24. The Kier molecular flexibility index (Phi) is 4.46. The van der Waals surface area contributed by atoms with E-state index in [4.69, 9.17) is 4.74 Å². The second kappa shape index (κ2) is 5.87. The number of piperidine rings is 1. The van der Waals surface area contributed by atoms with Crippen LogP contribution in [0.15, 0.2) is 18.2 Å². The number of hydrogen-bond acceptors (Lipinski definition) is 2. The van der Waals surface area contributed by atoms with Gasteiger partial charge in [0.1, 0.15) is 0 Å². The molecule has 0 unspecified atom stereocenters. The molecule has 0 saturated carbocycles. The zero-order valence-corrected chi connectivity index (χ0v) is 12.2. The van der Waals surface area contributed by atoms with Gasteiger partial charge in [0.25, 0.3) is 0 Å². The summed E-state index contributed by atoms with van der Waals surface area (Å²) in [5, 5.41) is 0.930. The van der Waals surface area contributed by atoms with Gasteiger partial charge in [-0.2, -0.15) is 0 Å². The van der Waals surface area contributed by atoms with Crippen molar-refractivity contribution in [1.29, 1.82) is 0 Å². The number of rotatable bonds is 3. The minimum Gasteiger partial charge on any atom is -0.381 e. The molecule has 1 fully saturated rings. The van der Waals surface area contributed by atoms with Gasteiger partial charge < -0.3 is 9.64 Å². The topological polar surface area (TPSA) is 12.5 Å². The average Bonchev–Trinajstić information content (AvgIpc) is 2.39. The van der Waals surface area contributed by atoms with E-state index in [0.29, 0.717) is 6.10 Å². The lowest BCUT2D eigenvalue weighted by Gasteiger charge is -2.34. The lowest BCUT2D eigenvalue weighted by molar-refractivity contribution is 0.0819. The highest BCUT2D eigenvalue weighted by Gasteiger charge is 2.19. The highest BCUT2D eigenvalue weighted by Crippen LogP contribution is 2.26. The third kappa shape index (κ3) is 3.02. The highest BCUT2D eigenvalue weighted by molar-refractivity contribution is 9.08. The van der Waals surface area contributed by atoms with E-state index < -0.39 is 0 Å². The van der Waals surface area contributed by atoms with Crippen molar-refractivity contribution >= 4 is 21.6 Å². The SMILES string of the molecule is COC1CCN(c2ccc(CBr)cc2C)CC1. The van der Waals surface area contributed by atoms with Crippen molar-refractivity contribution in [3.8, 4) is 0 Å². The van der Waals surface area contributed by atoms with Gasteiger partial charge in [0.2, 0.25) is 0 Å². The molecule has 3 heteroatoms. The monoisotopic (exact) mass is 297 g/mol. The Morgan fingerprint density at radius 2 is 2.06 bits per heavy atom. The number of aryl methyl sites for hydroxylation is 1. The number of alkyl halides is 1. The zero-order valence-electron chi connectivity index (χ0n) is 10.6. The first-order valence-electron chi connectivity index (χ1n) is 6.18. The summed E-state index contributed by atoms with van der Waals surface area (Å²) in [6.45, 7) is 4.41. The quantitative estimate of drug-likeness (QED) is 0.792. The van der Waals surface area contributed by atoms with Crippen molar-refractivity contribution in [3.05, 3.63) is 29.3 Å². The zero-order chi connectivity index (χ0) is 12.3. The first-order valence-corrected chi connectivity index (χ1v) is 7.30. The maximum Gasteiger partial charge on any atom is 0.0605 e. The summed E-state index contributed by atoms with van der Waals surface area (Å²) in [5.41, 5.74) is 4.10. The van der Waals surface area contributed by atoms with Crippen molar-refractivity contribution < 1.29 is 4.74 Å². The summed E-state index contributed by atoms with van der Waals surface area (Å²) in [5.74, 6) is 0. The first kappa shape index (κ1) is 12.9. The second-order valence-electron chi connectivity index (χ2n) is 4.68. The third-order valence-corrected chi connectivity index (χ3v) is 4.18. The number of ether oxygens (including phenoxy) is 1. The lowest BCUT2D eigenvalue weighted by atomic mass is 10.0. The normalized spacial score (nSPS) is 17.5. The molecule has 0 radical (unpaired) electrons. The van der Waals surface area contributed by atoms with Crippen LogP contribution in [0.25, 0.3) is 0 Å². The minimum atomic E-state index is 0.452. The van der Waals surface area contributed by atoms with E-state index in [0.717, 1.165) is 31.3 Å². The van der Waals surface area contributed by atoms with Gasteiger partial charge >= 0.3 is 0 Å². The fourth-order valence-corrected chi connectivity index (χ4v) is 2.84. The van der Waals surface area contributed by atoms with Crippen LogP contribution in [0.1, 0.15) is 24.0 Å². The maximum atomic E-state index is 5.41. The van der Waals surface area contributed by atoms with Crippen molar-refractivity contribution in [2.45, 2.75) is 31.2 Å². The Labute approximate surface area is 112 Å². The average molecular weight is 298 g/mol. The van der Waals surface area contributed by atoms with Crippen LogP contribution in [-0.2, 0) is 10.1 Å². The van der Waals surface area contributed by atoms with Gasteiger partial charge in [0.05, 0.1) is 6.10 Å². The molecule has 1 saturated heterocycles. The van der Waals surface area contributed by atoms with Crippen molar-refractivity contribution in [2.24, 2.45) is 0 Å². The predicted octanol–water partition coefficient (Wildman–Crippen LogP) is 3.51. The fraction of sp³-hybridized carbons (Fsp3) is 0.571. The molecule has 1 aromatic rings. The Bertz CT molecular complexity index is 372. The van der Waals surface area contributed by atoms with Crippen molar-refractivity contribution in [2.75, 3.05) is 25.1 Å². The molecule has 1 aromatic carbocycles. The largest absolute Gasteiger partial charge is 0.381 e. The van der Waals surface area contributed by atoms with Crippen molar-refractivity contribution in [3.63, 3.8) is 0 Å². The van der Waals surface area contributed by atoms with Crippen molar-refractivity contribution in [1.82, 2.24) is 0 Å². The molecule has 2 rings (SSSR count). The second-order valence-corrected chi connectivity index (χ2v) is 5.24. The van der Waals surface area contributed by atoms with E-state index in [9.17, 15) is 0 Å². The molecular weight excluding hydrogens is 278 g/mol. The molecule has 0 aliphatic carbocycles. The molecule has 2 nitrogen and oxygen atoms in total. The van der Waals surface area contributed by atoms with Crippen LogP contribution >= 0.6 is 15.9 Å². The summed E-state index contributed by atoms with van der Waals surface area (Å²) >= 11 is 3.50. The summed E-state index contributed by atoms with van der Waals surface area (Å²) in [6.07, 6.45) is 2.72. The van der Waals surface area contributed by atoms with E-state index in [1.165, 1.54) is 16.8 Å². The van der Waals surface area contributed by atoms with Crippen LogP contribution in [-0.4, -0.2) is 26.3 Å². The van der Waals surface area contributed by atoms with Gasteiger partial charge in [-0.05, 0) is 37.0 Å². The number of hydrogen-bond donors (Lipinski definition) is 0. The van der Waals surface area contributed by atoms with Crippen LogP contribution < -0.4 is 4.90 Å². The van der Waals surface area contributed by atoms with E-state index in [-0.39, 0.29) is 0 Å². The summed E-state index contributed by atoms with van der Waals surface area (Å²) < 4.78 is 5.41. The molecule has 0 atom stereocenters. The number of halogens is 1. The Morgan fingerprint density at radius 1 is 1.35 bits per heavy atom. The number of nitrogens with zero attached hydrogens (tertiary/aromatic N) is 1. The third-order valence-electron chi connectivity index (χ3n) is 3.53. The van der Waals surface area contributed by atoms with Crippen LogP contribution in [0.3, 0.4) is 0 Å². The van der Waals surface area contributed by atoms with Gasteiger partial charge in [-0.1, -0.05) is 28.1 Å². The molecule has 94 valence electrons. The number of methoxy groups -OCH3 is 1. The highest BCUT2D eigenvalue weighted by atomic mass is 79.9. The van der Waals surface area contributed by atoms with E-state index in [2.05, 4.69) is 46.0 Å². The van der Waals surface area contributed by atoms with Gasteiger partial charge in [0, 0.05) is 31.2 Å². The summed E-state index contributed by atoms with van der Waals surface area (Å²) in [4.78, 5) is 2.48.